The number of likely N-dealkylation sites (N-methyl/N-ethyl adjacent to an activating group) is 1. The predicted molar refractivity (Wildman–Crippen MR) is 77.5 cm³/mol. The standard InChI is InChI=1S/C14H16N4S/c1-17-8-12-7-11(17)9-18(12)14-16-15-13(19-14)10-5-3-2-4-6-10/h2-6,11-12H,7-9H2,1H3/t11-,12+/m1/s1. The lowest BCUT2D eigenvalue weighted by Crippen LogP contribution is -2.44. The highest BCUT2D eigenvalue weighted by Gasteiger charge is 2.42. The van der Waals surface area contributed by atoms with Crippen molar-refractivity contribution in [3.8, 4) is 10.6 Å². The van der Waals surface area contributed by atoms with Crippen LogP contribution in [-0.2, 0) is 0 Å². The van der Waals surface area contributed by atoms with Gasteiger partial charge in [-0.05, 0) is 13.5 Å². The number of aromatic nitrogens is 2. The minimum atomic E-state index is 0.631. The maximum absolute atomic E-state index is 4.39. The number of hydrogen-bond acceptors (Lipinski definition) is 5. The van der Waals surface area contributed by atoms with Crippen LogP contribution < -0.4 is 4.90 Å². The molecule has 2 saturated heterocycles. The van der Waals surface area contributed by atoms with Crippen molar-refractivity contribution in [1.82, 2.24) is 15.1 Å². The first-order valence-corrected chi connectivity index (χ1v) is 7.49. The van der Waals surface area contributed by atoms with Gasteiger partial charge in [-0.25, -0.2) is 0 Å². The van der Waals surface area contributed by atoms with Crippen molar-refractivity contribution in [3.05, 3.63) is 30.3 Å². The maximum Gasteiger partial charge on any atom is 0.208 e. The first-order chi connectivity index (χ1) is 9.31. The fourth-order valence-electron chi connectivity index (χ4n) is 3.13. The minimum Gasteiger partial charge on any atom is -0.341 e. The van der Waals surface area contributed by atoms with Crippen molar-refractivity contribution < 1.29 is 0 Å². The lowest BCUT2D eigenvalue weighted by Gasteiger charge is -2.31. The van der Waals surface area contributed by atoms with Crippen LogP contribution in [0, 0.1) is 0 Å². The van der Waals surface area contributed by atoms with E-state index in [2.05, 4.69) is 39.2 Å². The van der Waals surface area contributed by atoms with Crippen LogP contribution in [0.4, 0.5) is 5.13 Å². The monoisotopic (exact) mass is 272 g/mol. The highest BCUT2D eigenvalue weighted by Crippen LogP contribution is 2.36. The SMILES string of the molecule is CN1C[C@@H]2C[C@@H]1CN2c1nnc(-c2ccccc2)s1. The molecule has 2 aromatic rings. The van der Waals surface area contributed by atoms with Gasteiger partial charge in [-0.15, -0.1) is 10.2 Å². The van der Waals surface area contributed by atoms with Gasteiger partial charge in [0.15, 0.2) is 0 Å². The Morgan fingerprint density at radius 1 is 1.11 bits per heavy atom. The quantitative estimate of drug-likeness (QED) is 0.838. The third kappa shape index (κ3) is 1.84. The van der Waals surface area contributed by atoms with Crippen molar-refractivity contribution in [3.63, 3.8) is 0 Å². The summed E-state index contributed by atoms with van der Waals surface area (Å²) < 4.78 is 0. The Kier molecular flexibility index (Phi) is 2.56. The molecule has 2 fully saturated rings. The number of likely N-dealkylation sites (tertiary alicyclic amines) is 1. The van der Waals surface area contributed by atoms with E-state index in [0.29, 0.717) is 12.1 Å². The van der Waals surface area contributed by atoms with Gasteiger partial charge < -0.3 is 4.90 Å². The number of benzene rings is 1. The molecule has 0 amide bonds. The number of anilines is 1. The Bertz CT molecular complexity index is 580. The number of rotatable bonds is 2. The molecule has 0 saturated carbocycles. The Balaban J connectivity index is 1.60. The molecule has 1 aromatic carbocycles. The first kappa shape index (κ1) is 11.4. The van der Waals surface area contributed by atoms with E-state index in [1.54, 1.807) is 11.3 Å². The summed E-state index contributed by atoms with van der Waals surface area (Å²) in [6.45, 7) is 2.26. The smallest absolute Gasteiger partial charge is 0.208 e. The fourth-order valence-corrected chi connectivity index (χ4v) is 4.06. The minimum absolute atomic E-state index is 0.631. The van der Waals surface area contributed by atoms with E-state index in [4.69, 9.17) is 0 Å². The second-order valence-electron chi connectivity index (χ2n) is 5.39. The van der Waals surface area contributed by atoms with E-state index in [0.717, 1.165) is 28.8 Å². The largest absolute Gasteiger partial charge is 0.341 e. The second-order valence-corrected chi connectivity index (χ2v) is 6.35. The molecule has 2 bridgehead atoms. The molecule has 0 aliphatic carbocycles. The van der Waals surface area contributed by atoms with Gasteiger partial charge in [0.25, 0.3) is 0 Å². The van der Waals surface area contributed by atoms with E-state index in [9.17, 15) is 0 Å². The summed E-state index contributed by atoms with van der Waals surface area (Å²) in [5.41, 5.74) is 1.16. The van der Waals surface area contributed by atoms with Gasteiger partial charge in [0, 0.05) is 30.7 Å². The molecule has 1 aromatic heterocycles. The Morgan fingerprint density at radius 3 is 2.63 bits per heavy atom. The lowest BCUT2D eigenvalue weighted by atomic mass is 10.2. The summed E-state index contributed by atoms with van der Waals surface area (Å²) in [7, 11) is 2.22. The molecule has 0 radical (unpaired) electrons. The van der Waals surface area contributed by atoms with Crippen LogP contribution in [0.5, 0.6) is 0 Å². The Hall–Kier alpha value is -1.46. The van der Waals surface area contributed by atoms with E-state index in [-0.39, 0.29) is 0 Å². The van der Waals surface area contributed by atoms with Gasteiger partial charge >= 0.3 is 0 Å². The van der Waals surface area contributed by atoms with Crippen LogP contribution >= 0.6 is 11.3 Å². The summed E-state index contributed by atoms with van der Waals surface area (Å²) >= 11 is 1.71. The molecule has 0 unspecified atom stereocenters. The van der Waals surface area contributed by atoms with Gasteiger partial charge in [0.2, 0.25) is 5.13 Å². The third-order valence-electron chi connectivity index (χ3n) is 4.20. The predicted octanol–water partition coefficient (Wildman–Crippen LogP) is 2.10. The number of piperazine rings is 1. The van der Waals surface area contributed by atoms with E-state index >= 15 is 0 Å². The molecule has 19 heavy (non-hydrogen) atoms. The molecule has 4 rings (SSSR count). The average Bonchev–Trinajstić information content (AvgIpc) is 3.13. The summed E-state index contributed by atoms with van der Waals surface area (Å²) in [5.74, 6) is 0. The molecule has 2 atom stereocenters. The van der Waals surface area contributed by atoms with E-state index < -0.39 is 0 Å². The van der Waals surface area contributed by atoms with Crippen molar-refractivity contribution in [2.75, 3.05) is 25.0 Å². The zero-order valence-corrected chi connectivity index (χ0v) is 11.7. The van der Waals surface area contributed by atoms with Gasteiger partial charge in [-0.2, -0.15) is 0 Å². The molecular weight excluding hydrogens is 256 g/mol. The van der Waals surface area contributed by atoms with Crippen LogP contribution in [0.3, 0.4) is 0 Å². The lowest BCUT2D eigenvalue weighted by molar-refractivity contribution is 0.292. The van der Waals surface area contributed by atoms with Crippen LogP contribution in [0.25, 0.3) is 10.6 Å². The zero-order chi connectivity index (χ0) is 12.8. The van der Waals surface area contributed by atoms with Crippen molar-refractivity contribution in [1.29, 1.82) is 0 Å². The van der Waals surface area contributed by atoms with E-state index in [1.807, 2.05) is 18.2 Å². The maximum atomic E-state index is 4.39. The van der Waals surface area contributed by atoms with Crippen LogP contribution in [-0.4, -0.2) is 47.3 Å². The van der Waals surface area contributed by atoms with Crippen LogP contribution in [0.15, 0.2) is 30.3 Å². The topological polar surface area (TPSA) is 32.3 Å². The molecule has 5 heteroatoms. The molecule has 3 heterocycles. The molecule has 0 spiro atoms. The summed E-state index contributed by atoms with van der Waals surface area (Å²) in [4.78, 5) is 4.90. The molecule has 98 valence electrons. The normalized spacial score (nSPS) is 26.3. The van der Waals surface area contributed by atoms with Crippen LogP contribution in [0.2, 0.25) is 0 Å². The van der Waals surface area contributed by atoms with Gasteiger partial charge in [-0.3, -0.25) is 4.90 Å². The average molecular weight is 272 g/mol. The summed E-state index contributed by atoms with van der Waals surface area (Å²) in [5, 5.41) is 10.8. The first-order valence-electron chi connectivity index (χ1n) is 6.67. The number of hydrogen-bond donors (Lipinski definition) is 0. The fraction of sp³-hybridized carbons (Fsp3) is 0.429. The third-order valence-corrected chi connectivity index (χ3v) is 5.20. The summed E-state index contributed by atoms with van der Waals surface area (Å²) in [6.07, 6.45) is 1.27. The van der Waals surface area contributed by atoms with Gasteiger partial charge in [0.05, 0.1) is 0 Å². The number of nitrogens with zero attached hydrogens (tertiary/aromatic N) is 4. The Morgan fingerprint density at radius 2 is 1.95 bits per heavy atom. The van der Waals surface area contributed by atoms with Crippen LogP contribution in [0.1, 0.15) is 6.42 Å². The second kappa shape index (κ2) is 4.28. The molecule has 2 aliphatic rings. The summed E-state index contributed by atoms with van der Waals surface area (Å²) in [6, 6.07) is 11.6. The zero-order valence-electron chi connectivity index (χ0n) is 10.9. The van der Waals surface area contributed by atoms with Gasteiger partial charge in [0.1, 0.15) is 5.01 Å². The number of fused-ring (bicyclic) bond motifs is 2. The molecular formula is C14H16N4S. The van der Waals surface area contributed by atoms with Crippen molar-refractivity contribution in [2.24, 2.45) is 0 Å². The highest BCUT2D eigenvalue weighted by atomic mass is 32.1. The highest BCUT2D eigenvalue weighted by molar-refractivity contribution is 7.18. The van der Waals surface area contributed by atoms with E-state index in [1.165, 1.54) is 6.42 Å². The molecule has 0 N–H and O–H groups in total. The molecule has 4 nitrogen and oxygen atoms in total. The van der Waals surface area contributed by atoms with Crippen molar-refractivity contribution >= 4 is 16.5 Å². The van der Waals surface area contributed by atoms with Crippen molar-refractivity contribution in [2.45, 2.75) is 18.5 Å². The molecule has 2 aliphatic heterocycles. The Labute approximate surface area is 116 Å². The van der Waals surface area contributed by atoms with Gasteiger partial charge in [-0.1, -0.05) is 41.7 Å².